The van der Waals surface area contributed by atoms with Crippen molar-refractivity contribution in [3.8, 4) is 28.7 Å². The Kier molecular flexibility index (Phi) is 6.03. The van der Waals surface area contributed by atoms with Crippen molar-refractivity contribution in [2.24, 2.45) is 0 Å². The Morgan fingerprint density at radius 3 is 2.31 bits per heavy atom. The van der Waals surface area contributed by atoms with E-state index in [1.54, 1.807) is 0 Å². The van der Waals surface area contributed by atoms with E-state index in [0.717, 1.165) is 0 Å². The quantitative estimate of drug-likeness (QED) is 0.266. The van der Waals surface area contributed by atoms with Crippen LogP contribution in [-0.2, 0) is 11.2 Å². The summed E-state index contributed by atoms with van der Waals surface area (Å²) >= 11 is 0. The Bertz CT molecular complexity index is 978. The van der Waals surface area contributed by atoms with Crippen LogP contribution in [0.1, 0.15) is 17.2 Å². The number of hydrogen-bond acceptors (Lipinski definition) is 11. The summed E-state index contributed by atoms with van der Waals surface area (Å²) in [5, 5.41) is 79.4. The van der Waals surface area contributed by atoms with E-state index in [9.17, 15) is 40.9 Å². The Balaban J connectivity index is 1.59. The minimum atomic E-state index is -1.64. The fraction of sp³-hybridized carbons (Fsp3) is 0.429. The second-order valence-corrected chi connectivity index (χ2v) is 7.79. The molecule has 2 aromatic rings. The highest BCUT2D eigenvalue weighted by Gasteiger charge is 2.45. The van der Waals surface area contributed by atoms with Gasteiger partial charge >= 0.3 is 0 Å². The summed E-state index contributed by atoms with van der Waals surface area (Å²) in [7, 11) is 0. The molecule has 8 N–H and O–H groups in total. The van der Waals surface area contributed by atoms with Crippen molar-refractivity contribution in [3.05, 3.63) is 41.5 Å². The zero-order chi connectivity index (χ0) is 23.2. The average Bonchev–Trinajstić information content (AvgIpc) is 2.76. The standard InChI is InChI=1S/C21H24O11/c22-7-16-17(27)18(28)19(29)21(32-16)30-9-4-12(24)10-6-14(26)20(31-15(10)5-9)8-1-2-11(23)13(25)3-8/h1-5,14,16-29H,6-7H2/t14?,16-,17-,18+,19-,20?,21+/m1/s1. The number of aliphatic hydroxyl groups excluding tert-OH is 5. The first kappa shape index (κ1) is 22.4. The number of hydrogen-bond donors (Lipinski definition) is 8. The first-order valence-electron chi connectivity index (χ1n) is 9.89. The van der Waals surface area contributed by atoms with Crippen LogP contribution in [0.4, 0.5) is 0 Å². The lowest BCUT2D eigenvalue weighted by Gasteiger charge is -2.39. The highest BCUT2D eigenvalue weighted by molar-refractivity contribution is 5.52. The monoisotopic (exact) mass is 452 g/mol. The smallest absolute Gasteiger partial charge is 0.229 e. The van der Waals surface area contributed by atoms with Gasteiger partial charge in [-0.1, -0.05) is 6.07 Å². The fourth-order valence-electron chi connectivity index (χ4n) is 3.82. The van der Waals surface area contributed by atoms with Crippen molar-refractivity contribution < 1.29 is 55.1 Å². The van der Waals surface area contributed by atoms with E-state index in [0.29, 0.717) is 11.1 Å². The molecule has 11 nitrogen and oxygen atoms in total. The Labute approximate surface area is 181 Å². The predicted octanol–water partition coefficient (Wildman–Crippen LogP) is -0.981. The van der Waals surface area contributed by atoms with Crippen molar-refractivity contribution in [1.29, 1.82) is 0 Å². The molecule has 0 radical (unpaired) electrons. The number of aromatic hydroxyl groups is 3. The minimum absolute atomic E-state index is 0.00530. The highest BCUT2D eigenvalue weighted by atomic mass is 16.7. The van der Waals surface area contributed by atoms with Crippen LogP contribution >= 0.6 is 0 Å². The maximum atomic E-state index is 10.5. The van der Waals surface area contributed by atoms with Gasteiger partial charge in [-0.05, 0) is 17.7 Å². The van der Waals surface area contributed by atoms with Crippen molar-refractivity contribution in [2.45, 2.75) is 49.3 Å². The number of fused-ring (bicyclic) bond motifs is 1. The predicted molar refractivity (Wildman–Crippen MR) is 105 cm³/mol. The molecule has 32 heavy (non-hydrogen) atoms. The van der Waals surface area contributed by atoms with Crippen molar-refractivity contribution in [3.63, 3.8) is 0 Å². The highest BCUT2D eigenvalue weighted by Crippen LogP contribution is 2.43. The molecule has 11 heteroatoms. The van der Waals surface area contributed by atoms with Gasteiger partial charge in [-0.3, -0.25) is 0 Å². The van der Waals surface area contributed by atoms with Gasteiger partial charge in [-0.15, -0.1) is 0 Å². The summed E-state index contributed by atoms with van der Waals surface area (Å²) in [5.74, 6) is -0.811. The molecule has 2 unspecified atom stereocenters. The number of phenolic OH excluding ortho intramolecular Hbond substituents is 3. The largest absolute Gasteiger partial charge is 0.507 e. The lowest BCUT2D eigenvalue weighted by molar-refractivity contribution is -0.277. The van der Waals surface area contributed by atoms with Gasteiger partial charge in [0.25, 0.3) is 0 Å². The van der Waals surface area contributed by atoms with E-state index in [2.05, 4.69) is 0 Å². The van der Waals surface area contributed by atoms with Gasteiger partial charge in [-0.2, -0.15) is 0 Å². The Morgan fingerprint density at radius 2 is 1.62 bits per heavy atom. The molecule has 7 atom stereocenters. The molecule has 0 spiro atoms. The average molecular weight is 452 g/mol. The van der Waals surface area contributed by atoms with Crippen LogP contribution in [0.2, 0.25) is 0 Å². The van der Waals surface area contributed by atoms with Crippen LogP contribution in [0.15, 0.2) is 30.3 Å². The molecule has 174 valence electrons. The van der Waals surface area contributed by atoms with E-state index in [-0.39, 0.29) is 35.2 Å². The number of ether oxygens (including phenoxy) is 3. The van der Waals surface area contributed by atoms with Gasteiger partial charge in [0.1, 0.15) is 47.8 Å². The zero-order valence-electron chi connectivity index (χ0n) is 16.6. The maximum absolute atomic E-state index is 10.5. The summed E-state index contributed by atoms with van der Waals surface area (Å²) in [6, 6.07) is 6.58. The third-order valence-corrected chi connectivity index (χ3v) is 5.60. The van der Waals surface area contributed by atoms with E-state index in [1.165, 1.54) is 30.3 Å². The van der Waals surface area contributed by atoms with Crippen LogP contribution in [0.3, 0.4) is 0 Å². The molecule has 0 bridgehead atoms. The lowest BCUT2D eigenvalue weighted by Crippen LogP contribution is -2.60. The second kappa shape index (κ2) is 8.62. The Hall–Kier alpha value is -2.80. The zero-order valence-corrected chi connectivity index (χ0v) is 16.6. The van der Waals surface area contributed by atoms with Crippen molar-refractivity contribution in [2.75, 3.05) is 6.61 Å². The van der Waals surface area contributed by atoms with Gasteiger partial charge in [0.2, 0.25) is 6.29 Å². The van der Waals surface area contributed by atoms with Gasteiger partial charge in [0, 0.05) is 24.1 Å². The Morgan fingerprint density at radius 1 is 0.875 bits per heavy atom. The van der Waals surface area contributed by atoms with Crippen molar-refractivity contribution >= 4 is 0 Å². The molecule has 2 aromatic carbocycles. The summed E-state index contributed by atoms with van der Waals surface area (Å²) in [6.45, 7) is -0.623. The summed E-state index contributed by atoms with van der Waals surface area (Å²) in [6.07, 6.45) is -9.39. The number of phenols is 3. The number of aliphatic hydroxyl groups is 5. The molecule has 4 rings (SSSR count). The van der Waals surface area contributed by atoms with E-state index < -0.39 is 49.5 Å². The van der Waals surface area contributed by atoms with Crippen LogP contribution < -0.4 is 9.47 Å². The van der Waals surface area contributed by atoms with Crippen LogP contribution in [0.25, 0.3) is 0 Å². The molecule has 1 saturated heterocycles. The third-order valence-electron chi connectivity index (χ3n) is 5.60. The minimum Gasteiger partial charge on any atom is -0.507 e. The van der Waals surface area contributed by atoms with Gasteiger partial charge in [0.05, 0.1) is 12.7 Å². The summed E-state index contributed by atoms with van der Waals surface area (Å²) in [5.41, 5.74) is 0.691. The molecule has 2 aliphatic rings. The number of rotatable bonds is 4. The SMILES string of the molecule is OC[C@H]1O[C@H](Oc2cc(O)c3c(c2)OC(c2ccc(O)c(O)c2)C(O)C3)[C@H](O)[C@@H](O)[C@@H]1O. The first-order chi connectivity index (χ1) is 15.2. The topological polar surface area (TPSA) is 190 Å². The first-order valence-corrected chi connectivity index (χ1v) is 9.89. The molecular formula is C21H24O11. The molecule has 0 amide bonds. The van der Waals surface area contributed by atoms with Crippen molar-refractivity contribution in [1.82, 2.24) is 0 Å². The van der Waals surface area contributed by atoms with Crippen LogP contribution in [0.5, 0.6) is 28.7 Å². The molecule has 0 saturated carbocycles. The molecule has 0 aliphatic carbocycles. The van der Waals surface area contributed by atoms with Gasteiger partial charge in [-0.25, -0.2) is 0 Å². The summed E-state index contributed by atoms with van der Waals surface area (Å²) < 4.78 is 16.7. The lowest BCUT2D eigenvalue weighted by atomic mass is 9.94. The maximum Gasteiger partial charge on any atom is 0.229 e. The van der Waals surface area contributed by atoms with Gasteiger partial charge < -0.3 is 55.1 Å². The van der Waals surface area contributed by atoms with E-state index >= 15 is 0 Å². The number of benzene rings is 2. The summed E-state index contributed by atoms with van der Waals surface area (Å²) in [4.78, 5) is 0. The normalized spacial score (nSPS) is 32.1. The molecule has 0 aromatic heterocycles. The van der Waals surface area contributed by atoms with E-state index in [4.69, 9.17) is 14.2 Å². The fourth-order valence-corrected chi connectivity index (χ4v) is 3.82. The molecule has 2 heterocycles. The molecule has 2 aliphatic heterocycles. The van der Waals surface area contributed by atoms with Crippen LogP contribution in [-0.4, -0.2) is 84.3 Å². The van der Waals surface area contributed by atoms with Gasteiger partial charge in [0.15, 0.2) is 11.5 Å². The second-order valence-electron chi connectivity index (χ2n) is 7.79. The van der Waals surface area contributed by atoms with Crippen LogP contribution in [0, 0.1) is 0 Å². The molecular weight excluding hydrogens is 428 g/mol. The molecule has 1 fully saturated rings. The third kappa shape index (κ3) is 4.01. The van der Waals surface area contributed by atoms with E-state index in [1.807, 2.05) is 0 Å².